The van der Waals surface area contributed by atoms with Gasteiger partial charge in [-0.2, -0.15) is 0 Å². The lowest BCUT2D eigenvalue weighted by Gasteiger charge is -2.60. The quantitative estimate of drug-likeness (QED) is 0.559. The van der Waals surface area contributed by atoms with Crippen LogP contribution in [0.5, 0.6) is 0 Å². The van der Waals surface area contributed by atoms with Crippen molar-refractivity contribution in [3.05, 3.63) is 24.8 Å². The van der Waals surface area contributed by atoms with Gasteiger partial charge in [0.05, 0.1) is 5.60 Å². The van der Waals surface area contributed by atoms with Gasteiger partial charge in [-0.3, -0.25) is 4.79 Å². The highest BCUT2D eigenvalue weighted by Crippen LogP contribution is 2.62. The summed E-state index contributed by atoms with van der Waals surface area (Å²) in [5.41, 5.74) is 0.597. The Morgan fingerprint density at radius 1 is 1.40 bits per heavy atom. The maximum Gasteiger partial charge on any atom is 0.302 e. The standard InChI is InChI=1S/C22H36O3/c1-8-21(6,24)13-11-17-15(2)9-10-18-20(4,5)19(25-16(3)23)12-14-22(17,18)7/h8,17-19,24H,1-2,9-14H2,3-7H3/t17-,18-,19-,21+,22+/m0/s1. The minimum Gasteiger partial charge on any atom is -0.462 e. The summed E-state index contributed by atoms with van der Waals surface area (Å²) in [6, 6.07) is 0. The molecule has 0 heterocycles. The summed E-state index contributed by atoms with van der Waals surface area (Å²) in [7, 11) is 0. The topological polar surface area (TPSA) is 46.5 Å². The van der Waals surface area contributed by atoms with Crippen LogP contribution in [0.3, 0.4) is 0 Å². The van der Waals surface area contributed by atoms with Gasteiger partial charge in [0.25, 0.3) is 0 Å². The van der Waals surface area contributed by atoms with Crippen LogP contribution in [-0.4, -0.2) is 22.8 Å². The number of hydrogen-bond donors (Lipinski definition) is 1. The minimum absolute atomic E-state index is 0.00799. The molecule has 3 heteroatoms. The zero-order valence-corrected chi connectivity index (χ0v) is 16.7. The van der Waals surface area contributed by atoms with Gasteiger partial charge in [0, 0.05) is 12.3 Å². The van der Waals surface area contributed by atoms with E-state index in [4.69, 9.17) is 4.74 Å². The number of rotatable bonds is 5. The average molecular weight is 349 g/mol. The van der Waals surface area contributed by atoms with Gasteiger partial charge in [-0.1, -0.05) is 39.0 Å². The molecule has 0 aliphatic heterocycles. The maximum absolute atomic E-state index is 11.5. The van der Waals surface area contributed by atoms with E-state index in [1.54, 1.807) is 6.08 Å². The molecule has 0 aromatic carbocycles. The van der Waals surface area contributed by atoms with E-state index in [2.05, 4.69) is 33.9 Å². The van der Waals surface area contributed by atoms with Gasteiger partial charge in [0.2, 0.25) is 0 Å². The van der Waals surface area contributed by atoms with Crippen LogP contribution in [0.25, 0.3) is 0 Å². The molecule has 0 saturated heterocycles. The highest BCUT2D eigenvalue weighted by molar-refractivity contribution is 5.66. The number of allylic oxidation sites excluding steroid dienone is 1. The Morgan fingerprint density at radius 2 is 2.04 bits per heavy atom. The van der Waals surface area contributed by atoms with E-state index in [9.17, 15) is 9.90 Å². The molecular formula is C22H36O3. The SMILES string of the molecule is C=C[C@@](C)(O)CC[C@H]1C(=C)CC[C@H]2C(C)(C)[C@@H](OC(C)=O)CC[C@]12C. The molecule has 1 N–H and O–H groups in total. The molecule has 0 spiro atoms. The number of carbonyl (C=O) groups is 1. The number of esters is 1. The zero-order chi connectivity index (χ0) is 19.0. The van der Waals surface area contributed by atoms with Gasteiger partial charge in [-0.15, -0.1) is 6.58 Å². The van der Waals surface area contributed by atoms with Gasteiger partial charge in [-0.25, -0.2) is 0 Å². The number of hydrogen-bond acceptors (Lipinski definition) is 3. The summed E-state index contributed by atoms with van der Waals surface area (Å²) in [6.07, 6.45) is 7.34. The number of ether oxygens (including phenoxy) is 1. The highest BCUT2D eigenvalue weighted by atomic mass is 16.5. The van der Waals surface area contributed by atoms with E-state index < -0.39 is 5.60 Å². The molecule has 5 atom stereocenters. The monoisotopic (exact) mass is 348 g/mol. The molecule has 0 aromatic heterocycles. The van der Waals surface area contributed by atoms with Crippen molar-refractivity contribution < 1.29 is 14.6 Å². The molecule has 25 heavy (non-hydrogen) atoms. The van der Waals surface area contributed by atoms with E-state index >= 15 is 0 Å². The first kappa shape index (κ1) is 20.2. The molecule has 0 bridgehead atoms. The molecule has 0 aromatic rings. The predicted molar refractivity (Wildman–Crippen MR) is 102 cm³/mol. The average Bonchev–Trinajstić information content (AvgIpc) is 2.49. The molecule has 2 aliphatic rings. The molecule has 0 amide bonds. The van der Waals surface area contributed by atoms with Crippen LogP contribution in [0.4, 0.5) is 0 Å². The first-order valence-electron chi connectivity index (χ1n) is 9.65. The Bertz CT molecular complexity index is 545. The van der Waals surface area contributed by atoms with E-state index in [-0.39, 0.29) is 22.9 Å². The number of fused-ring (bicyclic) bond motifs is 1. The molecule has 0 radical (unpaired) electrons. The summed E-state index contributed by atoms with van der Waals surface area (Å²) in [5, 5.41) is 10.4. The summed E-state index contributed by atoms with van der Waals surface area (Å²) in [6.45, 7) is 18.4. The van der Waals surface area contributed by atoms with Crippen LogP contribution in [0.2, 0.25) is 0 Å². The molecule has 2 rings (SSSR count). The fourth-order valence-corrected chi connectivity index (χ4v) is 5.64. The minimum atomic E-state index is -0.825. The van der Waals surface area contributed by atoms with Crippen LogP contribution in [0, 0.1) is 22.7 Å². The lowest BCUT2D eigenvalue weighted by molar-refractivity contribution is -0.174. The van der Waals surface area contributed by atoms with Crippen LogP contribution in [-0.2, 0) is 9.53 Å². The van der Waals surface area contributed by atoms with Gasteiger partial charge >= 0.3 is 5.97 Å². The van der Waals surface area contributed by atoms with Crippen LogP contribution < -0.4 is 0 Å². The normalized spacial score (nSPS) is 36.9. The lowest BCUT2D eigenvalue weighted by Crippen LogP contribution is -2.55. The third kappa shape index (κ3) is 3.86. The van der Waals surface area contributed by atoms with Gasteiger partial charge < -0.3 is 9.84 Å². The van der Waals surface area contributed by atoms with E-state index in [0.717, 1.165) is 32.1 Å². The zero-order valence-electron chi connectivity index (χ0n) is 16.7. The van der Waals surface area contributed by atoms with E-state index in [0.29, 0.717) is 18.3 Å². The van der Waals surface area contributed by atoms with Crippen molar-refractivity contribution in [2.75, 3.05) is 0 Å². The molecule has 2 saturated carbocycles. The van der Waals surface area contributed by atoms with Crippen molar-refractivity contribution in [3.8, 4) is 0 Å². The fourth-order valence-electron chi connectivity index (χ4n) is 5.64. The Labute approximate surface area is 153 Å². The molecular weight excluding hydrogens is 312 g/mol. The molecule has 2 fully saturated rings. The van der Waals surface area contributed by atoms with Crippen molar-refractivity contribution in [1.82, 2.24) is 0 Å². The third-order valence-electron chi connectivity index (χ3n) is 7.20. The van der Waals surface area contributed by atoms with Crippen molar-refractivity contribution in [1.29, 1.82) is 0 Å². The maximum atomic E-state index is 11.5. The Hall–Kier alpha value is -1.09. The number of carbonyl (C=O) groups excluding carboxylic acids is 1. The van der Waals surface area contributed by atoms with E-state index in [1.165, 1.54) is 12.5 Å². The largest absolute Gasteiger partial charge is 0.462 e. The van der Waals surface area contributed by atoms with E-state index in [1.807, 2.05) is 6.92 Å². The molecule has 142 valence electrons. The smallest absolute Gasteiger partial charge is 0.302 e. The van der Waals surface area contributed by atoms with Crippen molar-refractivity contribution in [3.63, 3.8) is 0 Å². The summed E-state index contributed by atoms with van der Waals surface area (Å²) < 4.78 is 5.68. The van der Waals surface area contributed by atoms with Crippen LogP contribution in [0.1, 0.15) is 73.1 Å². The van der Waals surface area contributed by atoms with Crippen molar-refractivity contribution in [2.24, 2.45) is 22.7 Å². The molecule has 0 unspecified atom stereocenters. The van der Waals surface area contributed by atoms with Crippen LogP contribution >= 0.6 is 0 Å². The van der Waals surface area contributed by atoms with Crippen molar-refractivity contribution >= 4 is 5.97 Å². The summed E-state index contributed by atoms with van der Waals surface area (Å²) >= 11 is 0. The summed E-state index contributed by atoms with van der Waals surface area (Å²) in [4.78, 5) is 11.5. The Morgan fingerprint density at radius 3 is 2.60 bits per heavy atom. The van der Waals surface area contributed by atoms with Gasteiger partial charge in [0.1, 0.15) is 6.10 Å². The van der Waals surface area contributed by atoms with Gasteiger partial charge in [0.15, 0.2) is 0 Å². The van der Waals surface area contributed by atoms with Crippen molar-refractivity contribution in [2.45, 2.75) is 84.8 Å². The second kappa shape index (κ2) is 6.90. The molecule has 3 nitrogen and oxygen atoms in total. The first-order chi connectivity index (χ1) is 11.4. The predicted octanol–water partition coefficient (Wildman–Crippen LogP) is 5.04. The number of aliphatic hydroxyl groups is 1. The fraction of sp³-hybridized carbons (Fsp3) is 0.773. The Balaban J connectivity index is 2.26. The third-order valence-corrected chi connectivity index (χ3v) is 7.20. The second-order valence-corrected chi connectivity index (χ2v) is 9.37. The molecule has 2 aliphatic carbocycles. The van der Waals surface area contributed by atoms with Gasteiger partial charge in [-0.05, 0) is 62.7 Å². The second-order valence-electron chi connectivity index (χ2n) is 9.37. The first-order valence-corrected chi connectivity index (χ1v) is 9.65. The summed E-state index contributed by atoms with van der Waals surface area (Å²) in [5.74, 6) is 0.706. The highest BCUT2D eigenvalue weighted by Gasteiger charge is 2.57. The van der Waals surface area contributed by atoms with Crippen LogP contribution in [0.15, 0.2) is 24.8 Å². The Kier molecular flexibility index (Phi) is 5.59. The lowest BCUT2D eigenvalue weighted by atomic mass is 9.46.